The van der Waals surface area contributed by atoms with Crippen LogP contribution in [-0.2, 0) is 5.54 Å². The fourth-order valence-corrected chi connectivity index (χ4v) is 6.25. The van der Waals surface area contributed by atoms with Gasteiger partial charge in [0.2, 0.25) is 0 Å². The second kappa shape index (κ2) is 9.98. The Balaban J connectivity index is 1.48. The fourth-order valence-electron chi connectivity index (χ4n) is 6.25. The summed E-state index contributed by atoms with van der Waals surface area (Å²) in [4.78, 5) is 28.8. The van der Waals surface area contributed by atoms with E-state index in [1.165, 1.54) is 31.3 Å². The Morgan fingerprint density at radius 1 is 1.11 bits per heavy atom. The van der Waals surface area contributed by atoms with Gasteiger partial charge in [-0.2, -0.15) is 0 Å². The number of carbonyl (C=O) groups is 1. The van der Waals surface area contributed by atoms with E-state index in [1.54, 1.807) is 0 Å². The number of pyridine rings is 1. The molecule has 2 aromatic rings. The number of fused-ring (bicyclic) bond motifs is 2. The Labute approximate surface area is 217 Å². The minimum atomic E-state index is -3.02. The smallest absolute Gasteiger partial charge is 0.266 e. The molecule has 1 aliphatic heterocycles. The van der Waals surface area contributed by atoms with Crippen LogP contribution in [0.1, 0.15) is 66.6 Å². The van der Waals surface area contributed by atoms with Crippen molar-refractivity contribution >= 4 is 11.6 Å². The molecule has 2 aliphatic carbocycles. The van der Waals surface area contributed by atoms with Crippen LogP contribution in [0.25, 0.3) is 0 Å². The summed E-state index contributed by atoms with van der Waals surface area (Å²) >= 11 is 0. The third-order valence-corrected chi connectivity index (χ3v) is 8.55. The van der Waals surface area contributed by atoms with Crippen LogP contribution in [-0.4, -0.2) is 48.0 Å². The molecule has 1 saturated heterocycles. The van der Waals surface area contributed by atoms with Crippen LogP contribution in [0.4, 0.5) is 27.6 Å². The molecular weight excluding hydrogens is 507 g/mol. The van der Waals surface area contributed by atoms with Gasteiger partial charge in [0.1, 0.15) is 11.4 Å². The molecule has 0 spiro atoms. The number of halogens is 5. The van der Waals surface area contributed by atoms with Gasteiger partial charge in [-0.05, 0) is 51.5 Å². The van der Waals surface area contributed by atoms with Crippen molar-refractivity contribution in [1.82, 2.24) is 14.8 Å². The number of amides is 1. The predicted octanol–water partition coefficient (Wildman–Crippen LogP) is 4.92. The van der Waals surface area contributed by atoms with E-state index in [9.17, 15) is 31.5 Å². The zero-order valence-corrected chi connectivity index (χ0v) is 21.2. The average molecular weight is 539 g/mol. The van der Waals surface area contributed by atoms with Crippen molar-refractivity contribution < 1.29 is 26.7 Å². The molecule has 5 rings (SSSR count). The molecule has 1 aromatic carbocycles. The molecule has 4 atom stereocenters. The number of nitrogens with one attached hydrogen (secondary N) is 2. The number of rotatable bonds is 8. The van der Waals surface area contributed by atoms with Gasteiger partial charge in [-0.25, -0.2) is 22.0 Å². The second-order valence-corrected chi connectivity index (χ2v) is 11.0. The van der Waals surface area contributed by atoms with Gasteiger partial charge in [0, 0.05) is 37.0 Å². The number of hydrogen-bond acceptors (Lipinski definition) is 4. The highest BCUT2D eigenvalue weighted by Crippen LogP contribution is 2.44. The number of benzene rings is 1. The average Bonchev–Trinajstić information content (AvgIpc) is 2.82. The van der Waals surface area contributed by atoms with Crippen molar-refractivity contribution in [3.05, 3.63) is 63.3 Å². The Hall–Kier alpha value is -2.95. The van der Waals surface area contributed by atoms with Crippen LogP contribution < -0.4 is 16.2 Å². The molecule has 2 N–H and O–H groups in total. The molecule has 38 heavy (non-hydrogen) atoms. The fraction of sp³-hybridized carbons (Fsp3) is 0.556. The summed E-state index contributed by atoms with van der Waals surface area (Å²) < 4.78 is 70.3. The first-order valence-electron chi connectivity index (χ1n) is 12.9. The standard InChI is InChI=1S/C27H31F5N4O2/c1-14(17-5-3-6-18(22(17)28)24(29)30)33-25(38)19-13-36(27(26(31)32)7-4-8-27)21(37)10-20(19)34-23-15-9-16(23)12-35(2)11-15/h3,5-6,10,13-16,23-24,26,34H,4,7-9,11-12H2,1-2H3,(H,33,38)/t14-,15-,16+,23?/m1/s1. The lowest BCUT2D eigenvalue weighted by molar-refractivity contribution is -0.0504. The molecule has 3 fully saturated rings. The molecule has 206 valence electrons. The Bertz CT molecular complexity index is 1270. The Morgan fingerprint density at radius 2 is 1.76 bits per heavy atom. The van der Waals surface area contributed by atoms with Gasteiger partial charge in [0.25, 0.3) is 24.3 Å². The lowest BCUT2D eigenvalue weighted by atomic mass is 9.66. The van der Waals surface area contributed by atoms with Crippen LogP contribution in [0, 0.1) is 17.7 Å². The first-order chi connectivity index (χ1) is 18.0. The highest BCUT2D eigenvalue weighted by molar-refractivity contribution is 5.99. The molecule has 1 aromatic heterocycles. The van der Waals surface area contributed by atoms with E-state index in [0.29, 0.717) is 18.3 Å². The summed E-state index contributed by atoms with van der Waals surface area (Å²) in [5, 5.41) is 5.94. The quantitative estimate of drug-likeness (QED) is 0.469. The zero-order chi connectivity index (χ0) is 27.4. The summed E-state index contributed by atoms with van der Waals surface area (Å²) in [5.74, 6) is -1.19. The van der Waals surface area contributed by atoms with Gasteiger partial charge >= 0.3 is 0 Å². The zero-order valence-electron chi connectivity index (χ0n) is 21.2. The van der Waals surface area contributed by atoms with Crippen LogP contribution in [0.5, 0.6) is 0 Å². The third kappa shape index (κ3) is 4.48. The molecule has 2 heterocycles. The first kappa shape index (κ1) is 26.6. The maximum atomic E-state index is 14.7. The minimum Gasteiger partial charge on any atom is -0.381 e. The normalized spacial score (nSPS) is 25.0. The van der Waals surface area contributed by atoms with E-state index < -0.39 is 47.3 Å². The molecule has 1 unspecified atom stereocenters. The van der Waals surface area contributed by atoms with Crippen LogP contribution in [0.3, 0.4) is 0 Å². The van der Waals surface area contributed by atoms with Crippen molar-refractivity contribution in [3.8, 4) is 0 Å². The number of carbonyl (C=O) groups excluding carboxylic acids is 1. The first-order valence-corrected chi connectivity index (χ1v) is 12.9. The van der Waals surface area contributed by atoms with E-state index in [2.05, 4.69) is 15.5 Å². The molecule has 11 heteroatoms. The van der Waals surface area contributed by atoms with Gasteiger partial charge in [-0.15, -0.1) is 0 Å². The largest absolute Gasteiger partial charge is 0.381 e. The Morgan fingerprint density at radius 3 is 2.34 bits per heavy atom. The van der Waals surface area contributed by atoms with Gasteiger partial charge in [-0.1, -0.05) is 18.2 Å². The van der Waals surface area contributed by atoms with Crippen molar-refractivity contribution in [1.29, 1.82) is 0 Å². The maximum absolute atomic E-state index is 14.7. The van der Waals surface area contributed by atoms with Crippen LogP contribution in [0.2, 0.25) is 0 Å². The number of anilines is 1. The molecule has 3 aliphatic rings. The van der Waals surface area contributed by atoms with E-state index >= 15 is 0 Å². The summed E-state index contributed by atoms with van der Waals surface area (Å²) in [6.07, 6.45) is -2.87. The minimum absolute atomic E-state index is 0.0212. The third-order valence-electron chi connectivity index (χ3n) is 8.55. The van der Waals surface area contributed by atoms with Crippen LogP contribution >= 0.6 is 0 Å². The maximum Gasteiger partial charge on any atom is 0.266 e. The van der Waals surface area contributed by atoms with E-state index in [0.717, 1.165) is 30.1 Å². The Kier molecular flexibility index (Phi) is 7.00. The number of hydrogen-bond donors (Lipinski definition) is 2. The summed E-state index contributed by atoms with van der Waals surface area (Å²) in [6, 6.07) is 3.78. The number of aromatic nitrogens is 1. The number of likely N-dealkylation sites (tertiary alicyclic amines) is 1. The van der Waals surface area contributed by atoms with Crippen molar-refractivity contribution in [2.75, 3.05) is 25.5 Å². The van der Waals surface area contributed by atoms with E-state index in [1.807, 2.05) is 7.05 Å². The van der Waals surface area contributed by atoms with Gasteiger partial charge in [0.15, 0.2) is 0 Å². The van der Waals surface area contributed by atoms with Gasteiger partial charge < -0.3 is 20.1 Å². The number of alkyl halides is 4. The predicted molar refractivity (Wildman–Crippen MR) is 132 cm³/mol. The molecule has 6 nitrogen and oxygen atoms in total. The van der Waals surface area contributed by atoms with Crippen molar-refractivity contribution in [2.24, 2.45) is 11.8 Å². The monoisotopic (exact) mass is 538 g/mol. The molecular formula is C27H31F5N4O2. The number of nitrogens with zero attached hydrogens (tertiary/aromatic N) is 2. The highest BCUT2D eigenvalue weighted by atomic mass is 19.3. The lowest BCUT2D eigenvalue weighted by Gasteiger charge is -2.53. The second-order valence-electron chi connectivity index (χ2n) is 11.0. The molecule has 1 amide bonds. The highest BCUT2D eigenvalue weighted by Gasteiger charge is 2.49. The van der Waals surface area contributed by atoms with Crippen LogP contribution in [0.15, 0.2) is 35.3 Å². The molecule has 2 saturated carbocycles. The van der Waals surface area contributed by atoms with Gasteiger partial charge in [-0.3, -0.25) is 9.59 Å². The summed E-state index contributed by atoms with van der Waals surface area (Å²) in [5.41, 5.74) is -3.00. The SMILES string of the molecule is C[C@@H](NC(=O)c1cn(C2(C(F)F)CCC2)c(=O)cc1NC1[C@@H]2C[C@H]1CN(C)C2)c1cccc(C(F)F)c1F. The molecule has 0 radical (unpaired) electrons. The van der Waals surface area contributed by atoms with Crippen molar-refractivity contribution in [3.63, 3.8) is 0 Å². The van der Waals surface area contributed by atoms with E-state index in [-0.39, 0.29) is 35.7 Å². The number of piperidine rings is 2. The summed E-state index contributed by atoms with van der Waals surface area (Å²) in [7, 11) is 2.03. The molecule has 2 bridgehead atoms. The van der Waals surface area contributed by atoms with Gasteiger partial charge in [0.05, 0.1) is 22.9 Å². The van der Waals surface area contributed by atoms with E-state index in [4.69, 9.17) is 0 Å². The summed E-state index contributed by atoms with van der Waals surface area (Å²) in [6.45, 7) is 3.17. The topological polar surface area (TPSA) is 66.4 Å². The van der Waals surface area contributed by atoms with Crippen molar-refractivity contribution in [2.45, 2.75) is 63.1 Å². The lowest BCUT2D eigenvalue weighted by Crippen LogP contribution is -2.60.